The number of carbonyl (C=O) groups excluding carboxylic acids is 1. The summed E-state index contributed by atoms with van der Waals surface area (Å²) in [5.74, 6) is 6.23. The number of benzene rings is 1. The Hall–Kier alpha value is -1.55. The Kier molecular flexibility index (Phi) is 4.43. The Morgan fingerprint density at radius 3 is 2.74 bits per heavy atom. The number of hydrogen-bond donors (Lipinski definition) is 3. The summed E-state index contributed by atoms with van der Waals surface area (Å²) < 4.78 is 0. The zero-order valence-corrected chi connectivity index (χ0v) is 11.7. The maximum Gasteiger partial charge on any atom is 0.251 e. The minimum absolute atomic E-state index is 0.0131. The predicted molar refractivity (Wildman–Crippen MR) is 77.9 cm³/mol. The fraction of sp³-hybridized carbons (Fsp3) is 0.533. The van der Waals surface area contributed by atoms with Crippen LogP contribution in [0.15, 0.2) is 18.2 Å². The van der Waals surface area contributed by atoms with E-state index in [2.05, 4.69) is 17.7 Å². The number of hydrazine groups is 1. The van der Waals surface area contributed by atoms with Gasteiger partial charge in [0.05, 0.1) is 5.69 Å². The molecule has 1 aromatic rings. The summed E-state index contributed by atoms with van der Waals surface area (Å²) in [6, 6.07) is 5.81. The van der Waals surface area contributed by atoms with Gasteiger partial charge in [0, 0.05) is 11.6 Å². The number of hydrogen-bond acceptors (Lipinski definition) is 3. The number of nitrogens with two attached hydrogens (primary N) is 1. The zero-order valence-electron chi connectivity index (χ0n) is 11.7. The molecule has 0 saturated heterocycles. The van der Waals surface area contributed by atoms with Crippen LogP contribution in [0.1, 0.15) is 48.5 Å². The molecule has 1 atom stereocenters. The summed E-state index contributed by atoms with van der Waals surface area (Å²) in [4.78, 5) is 12.2. The van der Waals surface area contributed by atoms with Gasteiger partial charge in [0.2, 0.25) is 0 Å². The molecule has 0 aromatic heterocycles. The van der Waals surface area contributed by atoms with Gasteiger partial charge in [-0.2, -0.15) is 0 Å². The van der Waals surface area contributed by atoms with Crippen LogP contribution >= 0.6 is 0 Å². The van der Waals surface area contributed by atoms with Crippen LogP contribution in [0.5, 0.6) is 0 Å². The molecule has 104 valence electrons. The average molecular weight is 261 g/mol. The molecule has 1 aliphatic carbocycles. The second kappa shape index (κ2) is 6.06. The SMILES string of the molecule is CCC(CC1CC1)NC(=O)c1ccc(NN)c(C)c1. The van der Waals surface area contributed by atoms with Gasteiger partial charge in [-0.25, -0.2) is 0 Å². The van der Waals surface area contributed by atoms with Crippen LogP contribution in [0.2, 0.25) is 0 Å². The quantitative estimate of drug-likeness (QED) is 0.544. The van der Waals surface area contributed by atoms with Crippen LogP contribution in [0.25, 0.3) is 0 Å². The lowest BCUT2D eigenvalue weighted by Gasteiger charge is -2.17. The molecule has 4 N–H and O–H groups in total. The van der Waals surface area contributed by atoms with Crippen molar-refractivity contribution in [1.82, 2.24) is 5.32 Å². The highest BCUT2D eigenvalue weighted by Gasteiger charge is 2.25. The van der Waals surface area contributed by atoms with Crippen LogP contribution in [0.3, 0.4) is 0 Å². The number of rotatable bonds is 6. The lowest BCUT2D eigenvalue weighted by Crippen LogP contribution is -2.34. The molecule has 19 heavy (non-hydrogen) atoms. The Bertz CT molecular complexity index is 455. The van der Waals surface area contributed by atoms with E-state index in [0.29, 0.717) is 11.6 Å². The van der Waals surface area contributed by atoms with E-state index in [0.717, 1.165) is 30.0 Å². The summed E-state index contributed by atoms with van der Waals surface area (Å²) in [5.41, 5.74) is 5.14. The molecule has 1 aliphatic rings. The van der Waals surface area contributed by atoms with E-state index in [1.165, 1.54) is 12.8 Å². The van der Waals surface area contributed by atoms with E-state index in [9.17, 15) is 4.79 Å². The molecular formula is C15H23N3O. The number of nitrogens with one attached hydrogen (secondary N) is 2. The second-order valence-corrected chi connectivity index (χ2v) is 5.43. The summed E-state index contributed by atoms with van der Waals surface area (Å²) in [6.07, 6.45) is 4.75. The molecule has 0 heterocycles. The number of aryl methyl sites for hydroxylation is 1. The van der Waals surface area contributed by atoms with Gasteiger partial charge in [0.25, 0.3) is 5.91 Å². The lowest BCUT2D eigenvalue weighted by molar-refractivity contribution is 0.0932. The Morgan fingerprint density at radius 2 is 2.21 bits per heavy atom. The Balaban J connectivity index is 1.99. The van der Waals surface area contributed by atoms with Crippen LogP contribution < -0.4 is 16.6 Å². The minimum atomic E-state index is 0.0131. The lowest BCUT2D eigenvalue weighted by atomic mass is 10.1. The Morgan fingerprint density at radius 1 is 1.47 bits per heavy atom. The normalized spacial score (nSPS) is 15.9. The minimum Gasteiger partial charge on any atom is -0.349 e. The molecule has 2 rings (SSSR count). The van der Waals surface area contributed by atoms with Crippen molar-refractivity contribution in [2.24, 2.45) is 11.8 Å². The van der Waals surface area contributed by atoms with Crippen molar-refractivity contribution < 1.29 is 4.79 Å². The molecule has 0 radical (unpaired) electrons. The van der Waals surface area contributed by atoms with Gasteiger partial charge in [0.15, 0.2) is 0 Å². The van der Waals surface area contributed by atoms with Crippen molar-refractivity contribution in [3.63, 3.8) is 0 Å². The highest BCUT2D eigenvalue weighted by atomic mass is 16.1. The van der Waals surface area contributed by atoms with Crippen molar-refractivity contribution in [3.05, 3.63) is 29.3 Å². The highest BCUT2D eigenvalue weighted by molar-refractivity contribution is 5.95. The van der Waals surface area contributed by atoms with Gasteiger partial charge in [-0.3, -0.25) is 10.6 Å². The van der Waals surface area contributed by atoms with Gasteiger partial charge >= 0.3 is 0 Å². The number of amides is 1. The van der Waals surface area contributed by atoms with Crippen molar-refractivity contribution in [2.45, 2.75) is 45.6 Å². The van der Waals surface area contributed by atoms with Crippen LogP contribution in [-0.2, 0) is 0 Å². The fourth-order valence-corrected chi connectivity index (χ4v) is 2.32. The first-order chi connectivity index (χ1) is 9.13. The van der Waals surface area contributed by atoms with E-state index < -0.39 is 0 Å². The largest absolute Gasteiger partial charge is 0.349 e. The second-order valence-electron chi connectivity index (χ2n) is 5.43. The summed E-state index contributed by atoms with van der Waals surface area (Å²) >= 11 is 0. The maximum atomic E-state index is 12.2. The number of nitrogen functional groups attached to an aromatic ring is 1. The smallest absolute Gasteiger partial charge is 0.251 e. The van der Waals surface area contributed by atoms with Crippen LogP contribution in [0.4, 0.5) is 5.69 Å². The third-order valence-electron chi connectivity index (χ3n) is 3.79. The molecule has 4 nitrogen and oxygen atoms in total. The first-order valence-electron chi connectivity index (χ1n) is 7.02. The number of carbonyl (C=O) groups is 1. The molecule has 4 heteroatoms. The third-order valence-corrected chi connectivity index (χ3v) is 3.79. The van der Waals surface area contributed by atoms with Crippen molar-refractivity contribution >= 4 is 11.6 Å². The van der Waals surface area contributed by atoms with Gasteiger partial charge in [-0.1, -0.05) is 19.8 Å². The van der Waals surface area contributed by atoms with E-state index in [4.69, 9.17) is 5.84 Å². The standard InChI is InChI=1S/C15H23N3O/c1-3-13(9-11-4-5-11)17-15(19)12-6-7-14(18-16)10(2)8-12/h6-8,11,13,18H,3-5,9,16H2,1-2H3,(H,17,19). The van der Waals surface area contributed by atoms with Crippen molar-refractivity contribution in [2.75, 3.05) is 5.43 Å². The van der Waals surface area contributed by atoms with Gasteiger partial charge in [0.1, 0.15) is 0 Å². The van der Waals surface area contributed by atoms with E-state index in [-0.39, 0.29) is 5.91 Å². The summed E-state index contributed by atoms with van der Waals surface area (Å²) in [7, 11) is 0. The maximum absolute atomic E-state index is 12.2. The first kappa shape index (κ1) is 13.9. The monoisotopic (exact) mass is 261 g/mol. The molecule has 0 bridgehead atoms. The van der Waals surface area contributed by atoms with Crippen molar-refractivity contribution in [1.29, 1.82) is 0 Å². The summed E-state index contributed by atoms with van der Waals surface area (Å²) in [6.45, 7) is 4.06. The van der Waals surface area contributed by atoms with E-state index in [1.54, 1.807) is 6.07 Å². The third kappa shape index (κ3) is 3.70. The topological polar surface area (TPSA) is 67.2 Å². The molecule has 0 spiro atoms. The molecule has 1 fully saturated rings. The predicted octanol–water partition coefficient (Wildman–Crippen LogP) is 2.59. The van der Waals surface area contributed by atoms with E-state index >= 15 is 0 Å². The van der Waals surface area contributed by atoms with Gasteiger partial charge in [-0.15, -0.1) is 0 Å². The average Bonchev–Trinajstić information content (AvgIpc) is 3.21. The van der Waals surface area contributed by atoms with Crippen LogP contribution in [-0.4, -0.2) is 11.9 Å². The first-order valence-corrected chi connectivity index (χ1v) is 7.02. The van der Waals surface area contributed by atoms with Gasteiger partial charge in [-0.05, 0) is 49.4 Å². The molecule has 1 aromatic carbocycles. The number of anilines is 1. The zero-order chi connectivity index (χ0) is 13.8. The summed E-state index contributed by atoms with van der Waals surface area (Å²) in [5, 5.41) is 3.13. The molecule has 1 unspecified atom stereocenters. The highest BCUT2D eigenvalue weighted by Crippen LogP contribution is 2.34. The Labute approximate surface area is 114 Å². The van der Waals surface area contributed by atoms with Gasteiger partial charge < -0.3 is 10.7 Å². The van der Waals surface area contributed by atoms with E-state index in [1.807, 2.05) is 19.1 Å². The van der Waals surface area contributed by atoms with Crippen molar-refractivity contribution in [3.8, 4) is 0 Å². The molecule has 1 saturated carbocycles. The molecule has 1 amide bonds. The van der Waals surface area contributed by atoms with Crippen LogP contribution in [0, 0.1) is 12.8 Å². The molecular weight excluding hydrogens is 238 g/mol. The molecule has 0 aliphatic heterocycles. The fourth-order valence-electron chi connectivity index (χ4n) is 2.32.